The summed E-state index contributed by atoms with van der Waals surface area (Å²) < 4.78 is 5.75. The number of hydrogen-bond acceptors (Lipinski definition) is 5. The van der Waals surface area contributed by atoms with E-state index in [2.05, 4.69) is 15.5 Å². The monoisotopic (exact) mass is 339 g/mol. The van der Waals surface area contributed by atoms with Gasteiger partial charge in [0.05, 0.1) is 5.69 Å². The summed E-state index contributed by atoms with van der Waals surface area (Å²) in [5, 5.41) is 13.1. The fraction of sp³-hybridized carbons (Fsp3) is 0.278. The van der Waals surface area contributed by atoms with E-state index in [1.807, 2.05) is 43.5 Å². The molecule has 0 atom stereocenters. The van der Waals surface area contributed by atoms with E-state index in [0.717, 1.165) is 23.3 Å². The molecule has 1 aromatic carbocycles. The summed E-state index contributed by atoms with van der Waals surface area (Å²) in [6.45, 7) is 4.03. The average molecular weight is 339 g/mol. The van der Waals surface area contributed by atoms with E-state index in [-0.39, 0.29) is 5.91 Å². The van der Waals surface area contributed by atoms with Crippen LogP contribution in [0.15, 0.2) is 34.1 Å². The van der Waals surface area contributed by atoms with Crippen molar-refractivity contribution in [3.8, 4) is 10.8 Å². The molecule has 4 rings (SSSR count). The lowest BCUT2D eigenvalue weighted by molar-refractivity contribution is 0.102. The molecule has 1 N–H and O–H groups in total. The van der Waals surface area contributed by atoms with Crippen LogP contribution in [0, 0.1) is 13.8 Å². The van der Waals surface area contributed by atoms with E-state index in [1.54, 1.807) is 0 Å². The molecule has 1 amide bonds. The molecule has 0 aliphatic heterocycles. The number of hydrogen-bond donors (Lipinski definition) is 1. The van der Waals surface area contributed by atoms with Gasteiger partial charge in [-0.25, -0.2) is 0 Å². The van der Waals surface area contributed by atoms with Gasteiger partial charge in [-0.15, -0.1) is 21.5 Å². The molecule has 0 unspecified atom stereocenters. The molecule has 1 fully saturated rings. The van der Waals surface area contributed by atoms with Gasteiger partial charge in [-0.2, -0.15) is 0 Å². The second kappa shape index (κ2) is 5.87. The predicted molar refractivity (Wildman–Crippen MR) is 93.5 cm³/mol. The molecule has 1 aliphatic carbocycles. The summed E-state index contributed by atoms with van der Waals surface area (Å²) in [7, 11) is 0. The Morgan fingerprint density at radius 3 is 2.79 bits per heavy atom. The zero-order valence-electron chi connectivity index (χ0n) is 13.5. The van der Waals surface area contributed by atoms with Crippen LogP contribution in [-0.2, 0) is 0 Å². The number of nitrogens with one attached hydrogen (secondary N) is 1. The highest BCUT2D eigenvalue weighted by Gasteiger charge is 2.30. The molecular weight excluding hydrogens is 322 g/mol. The van der Waals surface area contributed by atoms with Gasteiger partial charge < -0.3 is 9.73 Å². The molecule has 5 nitrogen and oxygen atoms in total. The van der Waals surface area contributed by atoms with Crippen molar-refractivity contribution in [2.75, 3.05) is 5.32 Å². The number of aryl methyl sites for hydroxylation is 2. The van der Waals surface area contributed by atoms with Gasteiger partial charge in [0, 0.05) is 11.5 Å². The van der Waals surface area contributed by atoms with Gasteiger partial charge in [-0.05, 0) is 61.4 Å². The van der Waals surface area contributed by atoms with Crippen LogP contribution in [0.3, 0.4) is 0 Å². The van der Waals surface area contributed by atoms with Crippen LogP contribution in [0.1, 0.15) is 46.1 Å². The first-order valence-electron chi connectivity index (χ1n) is 7.91. The highest BCUT2D eigenvalue weighted by atomic mass is 32.1. The summed E-state index contributed by atoms with van der Waals surface area (Å²) in [5.41, 5.74) is 3.61. The fourth-order valence-corrected chi connectivity index (χ4v) is 3.24. The first-order valence-corrected chi connectivity index (χ1v) is 8.79. The van der Waals surface area contributed by atoms with Crippen LogP contribution >= 0.6 is 11.3 Å². The smallest absolute Gasteiger partial charge is 0.259 e. The van der Waals surface area contributed by atoms with Crippen molar-refractivity contribution in [2.45, 2.75) is 32.6 Å². The molecule has 1 saturated carbocycles. The Kier molecular flexibility index (Phi) is 3.69. The second-order valence-corrected chi connectivity index (χ2v) is 7.05. The Labute approximate surface area is 143 Å². The first-order chi connectivity index (χ1) is 11.6. The summed E-state index contributed by atoms with van der Waals surface area (Å²) in [5.74, 6) is 1.45. The summed E-state index contributed by atoms with van der Waals surface area (Å²) in [4.78, 5) is 13.3. The predicted octanol–water partition coefficient (Wildman–Crippen LogP) is 4.54. The number of benzene rings is 1. The van der Waals surface area contributed by atoms with Crippen LogP contribution in [0.4, 0.5) is 5.69 Å². The molecule has 0 saturated heterocycles. The quantitative estimate of drug-likeness (QED) is 0.757. The molecule has 1 aliphatic rings. The molecule has 24 heavy (non-hydrogen) atoms. The first kappa shape index (κ1) is 15.1. The highest BCUT2D eigenvalue weighted by Crippen LogP contribution is 2.41. The van der Waals surface area contributed by atoms with Crippen molar-refractivity contribution in [3.63, 3.8) is 0 Å². The SMILES string of the molecule is Cc1ccc(C(=O)Nc2ccsc2-c2nnc(C3CC3)o2)cc1C. The van der Waals surface area contributed by atoms with Crippen molar-refractivity contribution in [1.29, 1.82) is 0 Å². The largest absolute Gasteiger partial charge is 0.420 e. The molecule has 0 bridgehead atoms. The second-order valence-electron chi connectivity index (χ2n) is 6.14. The lowest BCUT2D eigenvalue weighted by Crippen LogP contribution is -2.12. The van der Waals surface area contributed by atoms with Crippen molar-refractivity contribution in [2.24, 2.45) is 0 Å². The molecule has 0 spiro atoms. The fourth-order valence-electron chi connectivity index (χ4n) is 2.47. The van der Waals surface area contributed by atoms with Gasteiger partial charge >= 0.3 is 0 Å². The number of rotatable bonds is 4. The molecule has 2 aromatic heterocycles. The van der Waals surface area contributed by atoms with Gasteiger partial charge in [0.1, 0.15) is 4.88 Å². The number of carbonyl (C=O) groups excluding carboxylic acids is 1. The van der Waals surface area contributed by atoms with Crippen LogP contribution < -0.4 is 5.32 Å². The van der Waals surface area contributed by atoms with Crippen LogP contribution in [0.25, 0.3) is 10.8 Å². The minimum absolute atomic E-state index is 0.139. The number of thiophene rings is 1. The number of anilines is 1. The van der Waals surface area contributed by atoms with Gasteiger partial charge in [-0.1, -0.05) is 6.07 Å². The molecule has 0 radical (unpaired) electrons. The summed E-state index contributed by atoms with van der Waals surface area (Å²) in [6, 6.07) is 7.55. The highest BCUT2D eigenvalue weighted by molar-refractivity contribution is 7.14. The van der Waals surface area contributed by atoms with Crippen LogP contribution in [-0.4, -0.2) is 16.1 Å². The standard InChI is InChI=1S/C18H17N3O2S/c1-10-3-4-13(9-11(10)2)16(22)19-14-7-8-24-15(14)18-21-20-17(23-18)12-5-6-12/h3-4,7-9,12H,5-6H2,1-2H3,(H,19,22). The lowest BCUT2D eigenvalue weighted by atomic mass is 10.1. The molecule has 3 aromatic rings. The van der Waals surface area contributed by atoms with Crippen molar-refractivity contribution < 1.29 is 9.21 Å². The molecule has 6 heteroatoms. The zero-order valence-corrected chi connectivity index (χ0v) is 14.3. The minimum atomic E-state index is -0.139. The van der Waals surface area contributed by atoms with Crippen molar-refractivity contribution >= 4 is 22.9 Å². The molecular formula is C18H17N3O2S. The summed E-state index contributed by atoms with van der Waals surface area (Å²) in [6.07, 6.45) is 2.23. The maximum Gasteiger partial charge on any atom is 0.259 e. The maximum absolute atomic E-state index is 12.5. The molecule has 2 heterocycles. The van der Waals surface area contributed by atoms with Gasteiger partial charge in [0.25, 0.3) is 11.8 Å². The average Bonchev–Trinajstić information content (AvgIpc) is 3.12. The van der Waals surface area contributed by atoms with E-state index in [0.29, 0.717) is 29.0 Å². The Morgan fingerprint density at radius 2 is 2.04 bits per heavy atom. The van der Waals surface area contributed by atoms with E-state index >= 15 is 0 Å². The normalized spacial score (nSPS) is 13.9. The van der Waals surface area contributed by atoms with E-state index in [1.165, 1.54) is 16.9 Å². The number of aromatic nitrogens is 2. The van der Waals surface area contributed by atoms with Crippen molar-refractivity contribution in [1.82, 2.24) is 10.2 Å². The summed E-state index contributed by atoms with van der Waals surface area (Å²) >= 11 is 1.48. The topological polar surface area (TPSA) is 68.0 Å². The van der Waals surface area contributed by atoms with Crippen LogP contribution in [0.2, 0.25) is 0 Å². The van der Waals surface area contributed by atoms with E-state index < -0.39 is 0 Å². The van der Waals surface area contributed by atoms with E-state index in [4.69, 9.17) is 4.42 Å². The Bertz CT molecular complexity index is 909. The number of amides is 1. The lowest BCUT2D eigenvalue weighted by Gasteiger charge is -2.07. The molecule has 122 valence electrons. The van der Waals surface area contributed by atoms with Crippen molar-refractivity contribution in [3.05, 3.63) is 52.2 Å². The number of nitrogens with zero attached hydrogens (tertiary/aromatic N) is 2. The minimum Gasteiger partial charge on any atom is -0.420 e. The van der Waals surface area contributed by atoms with Crippen LogP contribution in [0.5, 0.6) is 0 Å². The third-order valence-corrected chi connectivity index (χ3v) is 5.15. The van der Waals surface area contributed by atoms with Gasteiger partial charge in [-0.3, -0.25) is 4.79 Å². The Balaban J connectivity index is 1.57. The third-order valence-electron chi connectivity index (χ3n) is 4.24. The number of carbonyl (C=O) groups is 1. The van der Waals surface area contributed by atoms with Gasteiger partial charge in [0.2, 0.25) is 5.89 Å². The third kappa shape index (κ3) is 2.85. The maximum atomic E-state index is 12.5. The zero-order chi connectivity index (χ0) is 16.7. The van der Waals surface area contributed by atoms with Gasteiger partial charge in [0.15, 0.2) is 0 Å². The Hall–Kier alpha value is -2.47. The Morgan fingerprint density at radius 1 is 1.21 bits per heavy atom. The van der Waals surface area contributed by atoms with E-state index in [9.17, 15) is 4.79 Å².